The summed E-state index contributed by atoms with van der Waals surface area (Å²) in [4.78, 5) is 11.0. The maximum Gasteiger partial charge on any atom is 0.145 e. The van der Waals surface area contributed by atoms with Gasteiger partial charge in [-0.05, 0) is 25.8 Å². The maximum atomic E-state index is 9.43. The van der Waals surface area contributed by atoms with Gasteiger partial charge in [-0.2, -0.15) is 0 Å². The molecule has 100 valence electrons. The van der Waals surface area contributed by atoms with Gasteiger partial charge in [-0.25, -0.2) is 15.8 Å². The molecule has 18 heavy (non-hydrogen) atoms. The van der Waals surface area contributed by atoms with E-state index in [4.69, 9.17) is 5.84 Å². The molecule has 0 amide bonds. The Morgan fingerprint density at radius 1 is 1.56 bits per heavy atom. The lowest BCUT2D eigenvalue weighted by Crippen LogP contribution is -2.35. The summed E-state index contributed by atoms with van der Waals surface area (Å²) in [6.07, 6.45) is 1.11. The van der Waals surface area contributed by atoms with Crippen molar-refractivity contribution in [2.75, 3.05) is 18.6 Å². The Kier molecular flexibility index (Phi) is 4.11. The second-order valence-corrected chi connectivity index (χ2v) is 4.94. The van der Waals surface area contributed by atoms with Crippen molar-refractivity contribution in [1.29, 1.82) is 0 Å². The van der Waals surface area contributed by atoms with Crippen molar-refractivity contribution in [2.24, 2.45) is 11.8 Å². The fourth-order valence-corrected chi connectivity index (χ4v) is 2.54. The third-order valence-corrected chi connectivity index (χ3v) is 3.58. The number of aliphatic hydroxyl groups is 1. The molecule has 2 unspecified atom stereocenters. The van der Waals surface area contributed by atoms with Gasteiger partial charge in [-0.15, -0.1) is 0 Å². The van der Waals surface area contributed by atoms with Crippen LogP contribution in [0.5, 0.6) is 0 Å². The Labute approximate surface area is 107 Å². The fraction of sp³-hybridized carbons (Fsp3) is 0.667. The van der Waals surface area contributed by atoms with Crippen LogP contribution in [0.4, 0.5) is 5.82 Å². The molecule has 1 aromatic rings. The Hall–Kier alpha value is -1.24. The summed E-state index contributed by atoms with van der Waals surface area (Å²) >= 11 is 0. The molecular weight excluding hydrogens is 230 g/mol. The number of anilines is 1. The van der Waals surface area contributed by atoms with Crippen LogP contribution >= 0.6 is 0 Å². The fourth-order valence-electron chi connectivity index (χ4n) is 2.54. The van der Waals surface area contributed by atoms with Gasteiger partial charge >= 0.3 is 0 Å². The summed E-state index contributed by atoms with van der Waals surface area (Å²) in [7, 11) is 0. The number of likely N-dealkylation sites (tertiary alicyclic amines) is 1. The van der Waals surface area contributed by atoms with Gasteiger partial charge < -0.3 is 10.5 Å². The van der Waals surface area contributed by atoms with Crippen molar-refractivity contribution in [3.05, 3.63) is 17.6 Å². The summed E-state index contributed by atoms with van der Waals surface area (Å²) in [6, 6.07) is 2.02. The summed E-state index contributed by atoms with van der Waals surface area (Å²) < 4.78 is 0. The molecule has 1 aromatic heterocycles. The standard InChI is InChI=1S/C12H21N5O/c1-8-3-4-17(10(8)7-18)6-12-14-9(2)5-11(15-12)16-13/h5,8,10,18H,3-4,6-7,13H2,1-2H3,(H,14,15,16). The number of aromatic nitrogens is 2. The molecule has 2 rings (SSSR count). The Morgan fingerprint density at radius 3 is 3.00 bits per heavy atom. The van der Waals surface area contributed by atoms with Crippen LogP contribution in [-0.4, -0.2) is 39.2 Å². The maximum absolute atomic E-state index is 9.43. The van der Waals surface area contributed by atoms with Crippen molar-refractivity contribution in [1.82, 2.24) is 14.9 Å². The van der Waals surface area contributed by atoms with E-state index >= 15 is 0 Å². The Bertz CT molecular complexity index is 411. The van der Waals surface area contributed by atoms with Gasteiger partial charge in [0.2, 0.25) is 0 Å². The Balaban J connectivity index is 2.11. The van der Waals surface area contributed by atoms with Gasteiger partial charge in [0, 0.05) is 17.8 Å². The van der Waals surface area contributed by atoms with Crippen LogP contribution in [0.1, 0.15) is 24.9 Å². The predicted molar refractivity (Wildman–Crippen MR) is 69.6 cm³/mol. The lowest BCUT2D eigenvalue weighted by Gasteiger charge is -2.24. The molecule has 0 aliphatic carbocycles. The number of nitrogens with two attached hydrogens (primary N) is 1. The first kappa shape index (κ1) is 13.2. The number of hydrogen-bond donors (Lipinski definition) is 3. The SMILES string of the molecule is Cc1cc(NN)nc(CN2CCC(C)C2CO)n1. The number of nitrogens with one attached hydrogen (secondary N) is 1. The minimum atomic E-state index is 0.189. The zero-order valence-corrected chi connectivity index (χ0v) is 10.9. The van der Waals surface area contributed by atoms with Crippen LogP contribution in [0.3, 0.4) is 0 Å². The zero-order chi connectivity index (χ0) is 13.1. The van der Waals surface area contributed by atoms with Gasteiger partial charge in [0.15, 0.2) is 0 Å². The summed E-state index contributed by atoms with van der Waals surface area (Å²) in [5.74, 6) is 7.27. The summed E-state index contributed by atoms with van der Waals surface area (Å²) in [5, 5.41) is 9.43. The monoisotopic (exact) mass is 251 g/mol. The molecule has 1 aliphatic rings. The molecule has 1 fully saturated rings. The van der Waals surface area contributed by atoms with Crippen molar-refractivity contribution in [3.63, 3.8) is 0 Å². The first-order valence-electron chi connectivity index (χ1n) is 6.30. The second kappa shape index (κ2) is 5.60. The molecule has 2 heterocycles. The molecule has 0 saturated carbocycles. The first-order chi connectivity index (χ1) is 8.63. The number of hydrazine groups is 1. The number of aryl methyl sites for hydroxylation is 1. The summed E-state index contributed by atoms with van der Waals surface area (Å²) in [6.45, 7) is 5.92. The van der Waals surface area contributed by atoms with E-state index in [0.29, 0.717) is 18.3 Å². The molecule has 0 aromatic carbocycles. The van der Waals surface area contributed by atoms with Crippen molar-refractivity contribution >= 4 is 5.82 Å². The molecule has 6 heteroatoms. The lowest BCUT2D eigenvalue weighted by molar-refractivity contribution is 0.132. The number of aliphatic hydroxyl groups excluding tert-OH is 1. The average molecular weight is 251 g/mol. The van der Waals surface area contributed by atoms with Gasteiger partial charge in [0.25, 0.3) is 0 Å². The van der Waals surface area contributed by atoms with E-state index in [1.165, 1.54) is 0 Å². The van der Waals surface area contributed by atoms with Gasteiger partial charge in [-0.1, -0.05) is 6.92 Å². The van der Waals surface area contributed by atoms with E-state index in [2.05, 4.69) is 27.2 Å². The quantitative estimate of drug-likeness (QED) is 0.526. The van der Waals surface area contributed by atoms with E-state index in [1.807, 2.05) is 6.92 Å². The molecule has 0 radical (unpaired) electrons. The molecule has 1 saturated heterocycles. The zero-order valence-electron chi connectivity index (χ0n) is 10.9. The normalized spacial score (nSPS) is 24.4. The molecule has 6 nitrogen and oxygen atoms in total. The van der Waals surface area contributed by atoms with E-state index in [0.717, 1.165) is 24.5 Å². The molecule has 4 N–H and O–H groups in total. The molecular formula is C12H21N5O. The highest BCUT2D eigenvalue weighted by Gasteiger charge is 2.30. The van der Waals surface area contributed by atoms with E-state index in [1.54, 1.807) is 6.07 Å². The van der Waals surface area contributed by atoms with Crippen LogP contribution in [0.2, 0.25) is 0 Å². The third-order valence-electron chi connectivity index (χ3n) is 3.58. The summed E-state index contributed by atoms with van der Waals surface area (Å²) in [5.41, 5.74) is 3.44. The molecule has 1 aliphatic heterocycles. The highest BCUT2D eigenvalue weighted by molar-refractivity contribution is 5.33. The van der Waals surface area contributed by atoms with Crippen LogP contribution < -0.4 is 11.3 Å². The minimum Gasteiger partial charge on any atom is -0.395 e. The Morgan fingerprint density at radius 2 is 2.33 bits per heavy atom. The van der Waals surface area contributed by atoms with Crippen molar-refractivity contribution in [2.45, 2.75) is 32.9 Å². The third kappa shape index (κ3) is 2.77. The number of nitrogen functional groups attached to an aromatic ring is 1. The lowest BCUT2D eigenvalue weighted by atomic mass is 10.0. The first-order valence-corrected chi connectivity index (χ1v) is 6.30. The largest absolute Gasteiger partial charge is 0.395 e. The highest BCUT2D eigenvalue weighted by Crippen LogP contribution is 2.24. The molecule has 0 bridgehead atoms. The second-order valence-electron chi connectivity index (χ2n) is 4.94. The average Bonchev–Trinajstić information content (AvgIpc) is 2.69. The number of nitrogens with zero attached hydrogens (tertiary/aromatic N) is 3. The van der Waals surface area contributed by atoms with E-state index in [-0.39, 0.29) is 12.6 Å². The van der Waals surface area contributed by atoms with Crippen molar-refractivity contribution in [3.8, 4) is 0 Å². The van der Waals surface area contributed by atoms with Crippen LogP contribution in [0.25, 0.3) is 0 Å². The topological polar surface area (TPSA) is 87.3 Å². The van der Waals surface area contributed by atoms with E-state index in [9.17, 15) is 5.11 Å². The van der Waals surface area contributed by atoms with Crippen LogP contribution in [-0.2, 0) is 6.54 Å². The van der Waals surface area contributed by atoms with Crippen molar-refractivity contribution < 1.29 is 5.11 Å². The molecule has 0 spiro atoms. The van der Waals surface area contributed by atoms with Gasteiger partial charge in [-0.3, -0.25) is 4.90 Å². The minimum absolute atomic E-state index is 0.189. The number of rotatable bonds is 4. The smallest absolute Gasteiger partial charge is 0.145 e. The van der Waals surface area contributed by atoms with E-state index < -0.39 is 0 Å². The van der Waals surface area contributed by atoms with Crippen LogP contribution in [0.15, 0.2) is 6.07 Å². The van der Waals surface area contributed by atoms with Gasteiger partial charge in [0.1, 0.15) is 11.6 Å². The highest BCUT2D eigenvalue weighted by atomic mass is 16.3. The van der Waals surface area contributed by atoms with Gasteiger partial charge in [0.05, 0.1) is 13.2 Å². The molecule has 2 atom stereocenters. The van der Waals surface area contributed by atoms with Crippen LogP contribution in [0, 0.1) is 12.8 Å². The predicted octanol–water partition coefficient (Wildman–Crippen LogP) is 0.273. The number of hydrogen-bond acceptors (Lipinski definition) is 6.